The minimum absolute atomic E-state index is 0.124. The molecule has 1 heterocycles. The number of anilines is 1. The summed E-state index contributed by atoms with van der Waals surface area (Å²) >= 11 is 0. The van der Waals surface area contributed by atoms with Gasteiger partial charge in [0.15, 0.2) is 0 Å². The molecular formula is C12H19N3O. The van der Waals surface area contributed by atoms with Gasteiger partial charge in [-0.05, 0) is 31.9 Å². The van der Waals surface area contributed by atoms with Gasteiger partial charge in [-0.15, -0.1) is 0 Å². The molecule has 4 nitrogen and oxygen atoms in total. The summed E-state index contributed by atoms with van der Waals surface area (Å²) in [4.78, 5) is 16.0. The normalized spacial score (nSPS) is 12.6. The first-order chi connectivity index (χ1) is 7.41. The second-order valence-electron chi connectivity index (χ2n) is 4.34. The molecule has 0 fully saturated rings. The highest BCUT2D eigenvalue weighted by Crippen LogP contribution is 2.13. The van der Waals surface area contributed by atoms with E-state index in [0.29, 0.717) is 0 Å². The van der Waals surface area contributed by atoms with Crippen molar-refractivity contribution in [2.24, 2.45) is 11.7 Å². The highest BCUT2D eigenvalue weighted by Gasteiger charge is 2.17. The molecule has 1 aromatic heterocycles. The van der Waals surface area contributed by atoms with Gasteiger partial charge >= 0.3 is 0 Å². The standard InChI is InChI=1S/C12H19N3O/c1-7(2)11(13)12(16)15-10-6-5-8(3)14-9(10)4/h5-7,11H,13H2,1-4H3,(H,15,16)/t11-/m1/s1. The van der Waals surface area contributed by atoms with Gasteiger partial charge in [-0.3, -0.25) is 9.78 Å². The van der Waals surface area contributed by atoms with Gasteiger partial charge in [0.2, 0.25) is 5.91 Å². The zero-order valence-electron chi connectivity index (χ0n) is 10.2. The number of nitrogens with one attached hydrogen (secondary N) is 1. The summed E-state index contributed by atoms with van der Waals surface area (Å²) in [5.74, 6) is -0.0394. The molecule has 1 amide bonds. The Bertz CT molecular complexity index is 388. The van der Waals surface area contributed by atoms with Crippen LogP contribution in [0.5, 0.6) is 0 Å². The van der Waals surface area contributed by atoms with Crippen molar-refractivity contribution < 1.29 is 4.79 Å². The third-order valence-corrected chi connectivity index (χ3v) is 2.50. The lowest BCUT2D eigenvalue weighted by molar-refractivity contribution is -0.118. The van der Waals surface area contributed by atoms with E-state index in [1.165, 1.54) is 0 Å². The lowest BCUT2D eigenvalue weighted by Crippen LogP contribution is -2.39. The fourth-order valence-electron chi connectivity index (χ4n) is 1.34. The maximum absolute atomic E-state index is 11.7. The van der Waals surface area contributed by atoms with Gasteiger partial charge < -0.3 is 11.1 Å². The summed E-state index contributed by atoms with van der Waals surface area (Å²) in [5.41, 5.74) is 8.23. The molecule has 1 rings (SSSR count). The van der Waals surface area contributed by atoms with Crippen LogP contribution in [0.4, 0.5) is 5.69 Å². The van der Waals surface area contributed by atoms with Gasteiger partial charge in [-0.25, -0.2) is 0 Å². The Morgan fingerprint density at radius 2 is 2.00 bits per heavy atom. The van der Waals surface area contributed by atoms with Crippen molar-refractivity contribution in [3.05, 3.63) is 23.5 Å². The molecule has 0 saturated carbocycles. The summed E-state index contributed by atoms with van der Waals surface area (Å²) in [7, 11) is 0. The molecule has 0 aromatic carbocycles. The summed E-state index contributed by atoms with van der Waals surface area (Å²) in [5, 5.41) is 2.79. The molecule has 0 bridgehead atoms. The molecular weight excluding hydrogens is 202 g/mol. The van der Waals surface area contributed by atoms with Crippen LogP contribution in [-0.2, 0) is 4.79 Å². The zero-order valence-corrected chi connectivity index (χ0v) is 10.2. The Labute approximate surface area is 96.3 Å². The highest BCUT2D eigenvalue weighted by atomic mass is 16.2. The van der Waals surface area contributed by atoms with Crippen LogP contribution in [0.3, 0.4) is 0 Å². The van der Waals surface area contributed by atoms with Crippen LogP contribution in [-0.4, -0.2) is 16.9 Å². The molecule has 0 spiro atoms. The van der Waals surface area contributed by atoms with Crippen molar-refractivity contribution in [3.8, 4) is 0 Å². The average Bonchev–Trinajstić information content (AvgIpc) is 2.20. The number of aryl methyl sites for hydroxylation is 2. The van der Waals surface area contributed by atoms with E-state index in [9.17, 15) is 4.79 Å². The van der Waals surface area contributed by atoms with Crippen molar-refractivity contribution in [2.75, 3.05) is 5.32 Å². The number of pyridine rings is 1. The summed E-state index contributed by atoms with van der Waals surface area (Å²) in [6, 6.07) is 3.23. The molecule has 1 atom stereocenters. The van der Waals surface area contributed by atoms with Gasteiger partial charge in [0.1, 0.15) is 0 Å². The number of nitrogens with zero attached hydrogens (tertiary/aromatic N) is 1. The van der Waals surface area contributed by atoms with Gasteiger partial charge in [-0.2, -0.15) is 0 Å². The fourth-order valence-corrected chi connectivity index (χ4v) is 1.34. The van der Waals surface area contributed by atoms with Gasteiger partial charge in [0.25, 0.3) is 0 Å². The second kappa shape index (κ2) is 5.07. The smallest absolute Gasteiger partial charge is 0.241 e. The molecule has 0 aliphatic carbocycles. The Hall–Kier alpha value is -1.42. The van der Waals surface area contributed by atoms with E-state index in [1.807, 2.05) is 39.8 Å². The largest absolute Gasteiger partial charge is 0.323 e. The number of aromatic nitrogens is 1. The van der Waals surface area contributed by atoms with Crippen LogP contribution in [0.15, 0.2) is 12.1 Å². The molecule has 0 radical (unpaired) electrons. The molecule has 16 heavy (non-hydrogen) atoms. The molecule has 1 aromatic rings. The van der Waals surface area contributed by atoms with E-state index in [1.54, 1.807) is 0 Å². The molecule has 0 unspecified atom stereocenters. The van der Waals surface area contributed by atoms with Crippen molar-refractivity contribution in [3.63, 3.8) is 0 Å². The van der Waals surface area contributed by atoms with E-state index in [2.05, 4.69) is 10.3 Å². The fraction of sp³-hybridized carbons (Fsp3) is 0.500. The van der Waals surface area contributed by atoms with Gasteiger partial charge in [-0.1, -0.05) is 13.8 Å². The average molecular weight is 221 g/mol. The number of amides is 1. The summed E-state index contributed by atoms with van der Waals surface area (Å²) in [6.07, 6.45) is 0. The van der Waals surface area contributed by atoms with Crippen LogP contribution >= 0.6 is 0 Å². The first-order valence-corrected chi connectivity index (χ1v) is 5.42. The topological polar surface area (TPSA) is 68.0 Å². The molecule has 0 saturated heterocycles. The van der Waals surface area contributed by atoms with Crippen LogP contribution < -0.4 is 11.1 Å². The van der Waals surface area contributed by atoms with Crippen LogP contribution in [0, 0.1) is 19.8 Å². The maximum Gasteiger partial charge on any atom is 0.241 e. The molecule has 4 heteroatoms. The van der Waals surface area contributed by atoms with Gasteiger partial charge in [0, 0.05) is 5.69 Å². The molecule has 3 N–H and O–H groups in total. The van der Waals surface area contributed by atoms with E-state index in [-0.39, 0.29) is 11.8 Å². The van der Waals surface area contributed by atoms with Crippen LogP contribution in [0.2, 0.25) is 0 Å². The van der Waals surface area contributed by atoms with Crippen molar-refractivity contribution in [1.29, 1.82) is 0 Å². The van der Waals surface area contributed by atoms with Crippen molar-refractivity contribution in [1.82, 2.24) is 4.98 Å². The SMILES string of the molecule is Cc1ccc(NC(=O)[C@H](N)C(C)C)c(C)n1. The lowest BCUT2D eigenvalue weighted by Gasteiger charge is -2.16. The Kier molecular flexibility index (Phi) is 4.01. The van der Waals surface area contributed by atoms with E-state index < -0.39 is 6.04 Å². The van der Waals surface area contributed by atoms with Crippen LogP contribution in [0.1, 0.15) is 25.2 Å². The lowest BCUT2D eigenvalue weighted by atomic mass is 10.0. The summed E-state index contributed by atoms with van der Waals surface area (Å²) in [6.45, 7) is 7.62. The van der Waals surface area contributed by atoms with E-state index >= 15 is 0 Å². The first kappa shape index (κ1) is 12.6. The Balaban J connectivity index is 2.77. The van der Waals surface area contributed by atoms with E-state index in [4.69, 9.17) is 5.73 Å². The van der Waals surface area contributed by atoms with Gasteiger partial charge in [0.05, 0.1) is 17.4 Å². The van der Waals surface area contributed by atoms with Crippen molar-refractivity contribution in [2.45, 2.75) is 33.7 Å². The maximum atomic E-state index is 11.7. The van der Waals surface area contributed by atoms with E-state index in [0.717, 1.165) is 17.1 Å². The summed E-state index contributed by atoms with van der Waals surface area (Å²) < 4.78 is 0. The Morgan fingerprint density at radius 1 is 1.38 bits per heavy atom. The number of carbonyl (C=O) groups excluding carboxylic acids is 1. The Morgan fingerprint density at radius 3 is 2.50 bits per heavy atom. The minimum atomic E-state index is -0.485. The zero-order chi connectivity index (χ0) is 12.3. The van der Waals surface area contributed by atoms with Crippen LogP contribution in [0.25, 0.3) is 0 Å². The number of hydrogen-bond acceptors (Lipinski definition) is 3. The first-order valence-electron chi connectivity index (χ1n) is 5.42. The quantitative estimate of drug-likeness (QED) is 0.815. The number of nitrogens with two attached hydrogens (primary N) is 1. The third-order valence-electron chi connectivity index (χ3n) is 2.50. The highest BCUT2D eigenvalue weighted by molar-refractivity contribution is 5.95. The number of hydrogen-bond donors (Lipinski definition) is 2. The monoisotopic (exact) mass is 221 g/mol. The number of carbonyl (C=O) groups is 1. The predicted octanol–water partition coefficient (Wildman–Crippen LogP) is 1.62. The molecule has 0 aliphatic heterocycles. The second-order valence-corrected chi connectivity index (χ2v) is 4.34. The minimum Gasteiger partial charge on any atom is -0.323 e. The molecule has 0 aliphatic rings. The van der Waals surface area contributed by atoms with Crippen molar-refractivity contribution >= 4 is 11.6 Å². The third kappa shape index (κ3) is 3.03. The molecule has 88 valence electrons. The number of rotatable bonds is 3. The predicted molar refractivity (Wildman–Crippen MR) is 65.2 cm³/mol.